The van der Waals surface area contributed by atoms with Gasteiger partial charge in [-0.05, 0) is 26.2 Å². The molecule has 106 valence electrons. The lowest BCUT2D eigenvalue weighted by Gasteiger charge is -2.19. The topological polar surface area (TPSA) is 42.3 Å². The van der Waals surface area contributed by atoms with Crippen molar-refractivity contribution < 1.29 is 4.74 Å². The first kappa shape index (κ1) is 12.9. The van der Waals surface area contributed by atoms with E-state index in [9.17, 15) is 0 Å². The van der Waals surface area contributed by atoms with E-state index in [0.717, 1.165) is 18.3 Å². The minimum atomic E-state index is 0.565. The van der Waals surface area contributed by atoms with Gasteiger partial charge in [0.25, 0.3) is 0 Å². The number of methoxy groups -OCH3 is 1. The van der Waals surface area contributed by atoms with Crippen LogP contribution in [0.4, 0.5) is 5.69 Å². The third kappa shape index (κ3) is 3.09. The van der Waals surface area contributed by atoms with Crippen LogP contribution in [0.5, 0.6) is 0 Å². The Morgan fingerprint density at radius 2 is 2.32 bits per heavy atom. The molecule has 2 heterocycles. The van der Waals surface area contributed by atoms with Crippen LogP contribution in [-0.4, -0.2) is 53.1 Å². The zero-order valence-corrected chi connectivity index (χ0v) is 11.9. The van der Waals surface area contributed by atoms with E-state index >= 15 is 0 Å². The summed E-state index contributed by atoms with van der Waals surface area (Å²) in [5.74, 6) is 0. The van der Waals surface area contributed by atoms with Crippen LogP contribution in [0.1, 0.15) is 26.2 Å². The molecule has 0 aromatic carbocycles. The van der Waals surface area contributed by atoms with E-state index in [0.29, 0.717) is 18.7 Å². The lowest BCUT2D eigenvalue weighted by molar-refractivity contribution is 0.183. The van der Waals surface area contributed by atoms with E-state index in [1.54, 1.807) is 7.11 Å². The number of aromatic nitrogens is 2. The number of hydrogen-bond donors (Lipinski definition) is 1. The molecule has 2 fully saturated rings. The Balaban J connectivity index is 1.52. The first-order chi connectivity index (χ1) is 9.26. The molecule has 0 bridgehead atoms. The van der Waals surface area contributed by atoms with E-state index in [1.807, 2.05) is 10.9 Å². The van der Waals surface area contributed by atoms with Crippen molar-refractivity contribution in [2.75, 3.05) is 25.6 Å². The van der Waals surface area contributed by atoms with E-state index in [2.05, 4.69) is 28.4 Å². The highest BCUT2D eigenvalue weighted by molar-refractivity contribution is 5.39. The fourth-order valence-corrected chi connectivity index (χ4v) is 3.06. The molecule has 1 saturated heterocycles. The van der Waals surface area contributed by atoms with Gasteiger partial charge in [0, 0.05) is 38.0 Å². The Labute approximate surface area is 114 Å². The third-order valence-corrected chi connectivity index (χ3v) is 4.17. The second kappa shape index (κ2) is 5.51. The van der Waals surface area contributed by atoms with Crippen molar-refractivity contribution in [3.63, 3.8) is 0 Å². The fourth-order valence-electron chi connectivity index (χ4n) is 3.06. The number of likely N-dealkylation sites (tertiary alicyclic amines) is 1. The monoisotopic (exact) mass is 264 g/mol. The Bertz CT molecular complexity index is 415. The number of anilines is 1. The molecule has 1 N–H and O–H groups in total. The fraction of sp³-hybridized carbons (Fsp3) is 0.786. The van der Waals surface area contributed by atoms with Gasteiger partial charge in [-0.3, -0.25) is 9.58 Å². The average molecular weight is 264 g/mol. The number of nitrogens with zero attached hydrogens (tertiary/aromatic N) is 3. The van der Waals surface area contributed by atoms with E-state index in [4.69, 9.17) is 4.74 Å². The van der Waals surface area contributed by atoms with Gasteiger partial charge >= 0.3 is 0 Å². The summed E-state index contributed by atoms with van der Waals surface area (Å²) >= 11 is 0. The lowest BCUT2D eigenvalue weighted by atomic mass is 10.2. The van der Waals surface area contributed by atoms with Crippen molar-refractivity contribution in [1.29, 1.82) is 0 Å². The summed E-state index contributed by atoms with van der Waals surface area (Å²) < 4.78 is 7.00. The molecule has 1 aromatic heterocycles. The SMILES string of the molecule is COCCn1cc(NC2CC(C)N(C3CC3)C2)cn1. The van der Waals surface area contributed by atoms with Crippen LogP contribution in [0.2, 0.25) is 0 Å². The molecule has 5 nitrogen and oxygen atoms in total. The summed E-state index contributed by atoms with van der Waals surface area (Å²) in [6.45, 7) is 5.04. The van der Waals surface area contributed by atoms with Gasteiger partial charge in [-0.1, -0.05) is 0 Å². The Kier molecular flexibility index (Phi) is 3.75. The smallest absolute Gasteiger partial charge is 0.0729 e. The Morgan fingerprint density at radius 1 is 1.47 bits per heavy atom. The highest BCUT2D eigenvalue weighted by Gasteiger charge is 2.38. The second-order valence-electron chi connectivity index (χ2n) is 5.84. The molecule has 5 heteroatoms. The van der Waals surface area contributed by atoms with Crippen molar-refractivity contribution in [3.8, 4) is 0 Å². The van der Waals surface area contributed by atoms with Crippen LogP contribution < -0.4 is 5.32 Å². The maximum Gasteiger partial charge on any atom is 0.0729 e. The number of ether oxygens (including phenoxy) is 1. The zero-order valence-electron chi connectivity index (χ0n) is 11.9. The predicted octanol–water partition coefficient (Wildman–Crippen LogP) is 1.57. The minimum Gasteiger partial charge on any atom is -0.383 e. The van der Waals surface area contributed by atoms with E-state index < -0.39 is 0 Å². The molecule has 1 aliphatic carbocycles. The highest BCUT2D eigenvalue weighted by atomic mass is 16.5. The standard InChI is InChI=1S/C14H24N4O/c1-11-7-12(10-18(11)14-3-4-14)16-13-8-15-17(9-13)5-6-19-2/h8-9,11-12,14,16H,3-7,10H2,1-2H3. The average Bonchev–Trinajstić information content (AvgIpc) is 3.04. The quantitative estimate of drug-likeness (QED) is 0.847. The van der Waals surface area contributed by atoms with Crippen molar-refractivity contribution in [1.82, 2.24) is 14.7 Å². The third-order valence-electron chi connectivity index (χ3n) is 4.17. The van der Waals surface area contributed by atoms with Crippen molar-refractivity contribution in [2.24, 2.45) is 0 Å². The Morgan fingerprint density at radius 3 is 3.05 bits per heavy atom. The van der Waals surface area contributed by atoms with E-state index in [1.165, 1.54) is 25.8 Å². The number of nitrogens with one attached hydrogen (secondary N) is 1. The zero-order chi connectivity index (χ0) is 13.2. The first-order valence-electron chi connectivity index (χ1n) is 7.30. The molecule has 0 radical (unpaired) electrons. The van der Waals surface area contributed by atoms with Gasteiger partial charge in [0.1, 0.15) is 0 Å². The largest absolute Gasteiger partial charge is 0.383 e. The molecular formula is C14H24N4O. The van der Waals surface area contributed by atoms with Crippen LogP contribution in [0.15, 0.2) is 12.4 Å². The maximum absolute atomic E-state index is 5.06. The van der Waals surface area contributed by atoms with E-state index in [-0.39, 0.29) is 0 Å². The van der Waals surface area contributed by atoms with Gasteiger partial charge in [-0.2, -0.15) is 5.10 Å². The van der Waals surface area contributed by atoms with Gasteiger partial charge < -0.3 is 10.1 Å². The molecule has 3 rings (SSSR count). The molecule has 2 aliphatic rings. The van der Waals surface area contributed by atoms with Crippen LogP contribution in [0, 0.1) is 0 Å². The van der Waals surface area contributed by atoms with Crippen LogP contribution in [-0.2, 0) is 11.3 Å². The predicted molar refractivity (Wildman–Crippen MR) is 75.3 cm³/mol. The molecule has 1 aliphatic heterocycles. The molecule has 1 saturated carbocycles. The van der Waals surface area contributed by atoms with Crippen molar-refractivity contribution in [3.05, 3.63) is 12.4 Å². The molecule has 0 spiro atoms. The van der Waals surface area contributed by atoms with Crippen molar-refractivity contribution >= 4 is 5.69 Å². The van der Waals surface area contributed by atoms with Gasteiger partial charge in [0.05, 0.1) is 25.0 Å². The van der Waals surface area contributed by atoms with Crippen LogP contribution in [0.3, 0.4) is 0 Å². The highest BCUT2D eigenvalue weighted by Crippen LogP contribution is 2.33. The number of rotatable bonds is 6. The maximum atomic E-state index is 5.06. The molecule has 2 unspecified atom stereocenters. The summed E-state index contributed by atoms with van der Waals surface area (Å²) in [5.41, 5.74) is 1.13. The summed E-state index contributed by atoms with van der Waals surface area (Å²) in [5, 5.41) is 7.96. The molecule has 19 heavy (non-hydrogen) atoms. The summed E-state index contributed by atoms with van der Waals surface area (Å²) in [6, 6.07) is 2.15. The lowest BCUT2D eigenvalue weighted by Crippen LogP contribution is -2.30. The minimum absolute atomic E-state index is 0.565. The number of hydrogen-bond acceptors (Lipinski definition) is 4. The van der Waals surface area contributed by atoms with Crippen LogP contribution in [0.25, 0.3) is 0 Å². The van der Waals surface area contributed by atoms with Gasteiger partial charge in [-0.15, -0.1) is 0 Å². The molecule has 0 amide bonds. The summed E-state index contributed by atoms with van der Waals surface area (Å²) in [4.78, 5) is 2.66. The molecular weight excluding hydrogens is 240 g/mol. The molecule has 2 atom stereocenters. The Hall–Kier alpha value is -1.07. The van der Waals surface area contributed by atoms with Gasteiger partial charge in [0.15, 0.2) is 0 Å². The summed E-state index contributed by atoms with van der Waals surface area (Å²) in [7, 11) is 1.72. The van der Waals surface area contributed by atoms with Gasteiger partial charge in [-0.25, -0.2) is 0 Å². The normalized spacial score (nSPS) is 27.9. The summed E-state index contributed by atoms with van der Waals surface area (Å²) in [6.07, 6.45) is 8.02. The molecule has 1 aromatic rings. The van der Waals surface area contributed by atoms with Crippen LogP contribution >= 0.6 is 0 Å². The first-order valence-corrected chi connectivity index (χ1v) is 7.30. The van der Waals surface area contributed by atoms with Gasteiger partial charge in [0.2, 0.25) is 0 Å². The second-order valence-corrected chi connectivity index (χ2v) is 5.84. The van der Waals surface area contributed by atoms with Crippen molar-refractivity contribution in [2.45, 2.75) is 50.9 Å².